The zero-order chi connectivity index (χ0) is 9.14. The quantitative estimate of drug-likeness (QED) is 0.519. The molecule has 1 nitrogen and oxygen atoms in total. The highest BCUT2D eigenvalue weighted by atomic mass is 32.2. The van der Waals surface area contributed by atoms with Crippen LogP contribution in [0.1, 0.15) is 25.5 Å². The Morgan fingerprint density at radius 2 is 2.08 bits per heavy atom. The normalized spacial score (nSPS) is 10.8. The Kier molecular flexibility index (Phi) is 3.09. The highest BCUT2D eigenvalue weighted by Gasteiger charge is 2.08. The molecule has 0 N–H and O–H groups in total. The minimum absolute atomic E-state index is 0.281. The fraction of sp³-hybridized carbons (Fsp3) is 0.444. The molecule has 0 unspecified atom stereocenters. The first kappa shape index (κ1) is 9.52. The molecule has 0 aliphatic rings. The Labute approximate surface area is 76.4 Å². The molecule has 0 spiro atoms. The maximum absolute atomic E-state index is 12.7. The van der Waals surface area contributed by atoms with Gasteiger partial charge >= 0.3 is 0 Å². The number of hydrogen-bond acceptors (Lipinski definition) is 2. The maximum atomic E-state index is 12.7. The van der Waals surface area contributed by atoms with Crippen molar-refractivity contribution in [2.24, 2.45) is 0 Å². The SMILES string of the molecule is CSc1ccc(F)nc1C(C)C. The van der Waals surface area contributed by atoms with E-state index in [1.807, 2.05) is 20.1 Å². The molecule has 66 valence electrons. The minimum Gasteiger partial charge on any atom is -0.223 e. The van der Waals surface area contributed by atoms with Crippen molar-refractivity contribution in [1.29, 1.82) is 0 Å². The highest BCUT2D eigenvalue weighted by Crippen LogP contribution is 2.24. The van der Waals surface area contributed by atoms with Gasteiger partial charge in [-0.05, 0) is 24.3 Å². The fourth-order valence-electron chi connectivity index (χ4n) is 1.02. The highest BCUT2D eigenvalue weighted by molar-refractivity contribution is 7.98. The second-order valence-corrected chi connectivity index (χ2v) is 3.72. The molecule has 0 amide bonds. The van der Waals surface area contributed by atoms with Crippen molar-refractivity contribution in [3.8, 4) is 0 Å². The lowest BCUT2D eigenvalue weighted by Crippen LogP contribution is -1.97. The number of nitrogens with zero attached hydrogens (tertiary/aromatic N) is 1. The number of halogens is 1. The summed E-state index contributed by atoms with van der Waals surface area (Å²) in [6, 6.07) is 3.18. The van der Waals surface area contributed by atoms with Gasteiger partial charge in [0.2, 0.25) is 5.95 Å². The molecule has 0 aromatic carbocycles. The van der Waals surface area contributed by atoms with E-state index >= 15 is 0 Å². The van der Waals surface area contributed by atoms with Crippen molar-refractivity contribution >= 4 is 11.8 Å². The zero-order valence-electron chi connectivity index (χ0n) is 7.47. The molecule has 0 radical (unpaired) electrons. The summed E-state index contributed by atoms with van der Waals surface area (Å²) in [6.45, 7) is 4.03. The first-order chi connectivity index (χ1) is 5.65. The van der Waals surface area contributed by atoms with Crippen LogP contribution in [0, 0.1) is 5.95 Å². The van der Waals surface area contributed by atoms with Crippen molar-refractivity contribution in [2.45, 2.75) is 24.7 Å². The Balaban J connectivity index is 3.12. The first-order valence-electron chi connectivity index (χ1n) is 3.85. The average molecular weight is 185 g/mol. The zero-order valence-corrected chi connectivity index (χ0v) is 8.28. The standard InChI is InChI=1S/C9H12FNS/c1-6(2)9-7(12-3)4-5-8(10)11-9/h4-6H,1-3H3. The van der Waals surface area contributed by atoms with E-state index in [1.54, 1.807) is 17.8 Å². The largest absolute Gasteiger partial charge is 0.223 e. The van der Waals surface area contributed by atoms with Crippen molar-refractivity contribution in [3.63, 3.8) is 0 Å². The average Bonchev–Trinajstić information content (AvgIpc) is 2.04. The van der Waals surface area contributed by atoms with Crippen LogP contribution in [0.15, 0.2) is 17.0 Å². The molecular formula is C9H12FNS. The predicted molar refractivity (Wildman–Crippen MR) is 50.1 cm³/mol. The minimum atomic E-state index is -0.392. The van der Waals surface area contributed by atoms with Crippen LogP contribution in [-0.2, 0) is 0 Å². The molecule has 1 aromatic rings. The lowest BCUT2D eigenvalue weighted by atomic mass is 10.1. The second-order valence-electron chi connectivity index (χ2n) is 2.88. The van der Waals surface area contributed by atoms with Gasteiger partial charge in [0.15, 0.2) is 0 Å². The van der Waals surface area contributed by atoms with E-state index < -0.39 is 5.95 Å². The van der Waals surface area contributed by atoms with E-state index in [9.17, 15) is 4.39 Å². The van der Waals surface area contributed by atoms with E-state index in [4.69, 9.17) is 0 Å². The molecule has 0 aliphatic heterocycles. The third kappa shape index (κ3) is 1.97. The molecule has 1 rings (SSSR count). The molecule has 0 saturated carbocycles. The molecule has 0 aliphatic carbocycles. The van der Waals surface area contributed by atoms with Crippen LogP contribution in [0.25, 0.3) is 0 Å². The number of hydrogen-bond donors (Lipinski definition) is 0. The molecule has 12 heavy (non-hydrogen) atoms. The number of aromatic nitrogens is 1. The summed E-state index contributed by atoms with van der Waals surface area (Å²) in [5.41, 5.74) is 0.850. The summed E-state index contributed by atoms with van der Waals surface area (Å²) >= 11 is 1.60. The fourth-order valence-corrected chi connectivity index (χ4v) is 1.72. The van der Waals surface area contributed by atoms with Crippen LogP contribution >= 0.6 is 11.8 Å². The van der Waals surface area contributed by atoms with Gasteiger partial charge in [0.05, 0.1) is 5.69 Å². The van der Waals surface area contributed by atoms with E-state index in [0.717, 1.165) is 10.6 Å². The Hall–Kier alpha value is -0.570. The van der Waals surface area contributed by atoms with Crippen LogP contribution in [-0.4, -0.2) is 11.2 Å². The molecule has 0 bridgehead atoms. The van der Waals surface area contributed by atoms with Crippen molar-refractivity contribution in [1.82, 2.24) is 4.98 Å². The van der Waals surface area contributed by atoms with Gasteiger partial charge in [0.1, 0.15) is 0 Å². The summed E-state index contributed by atoms with van der Waals surface area (Å²) in [6.07, 6.45) is 1.97. The second kappa shape index (κ2) is 3.90. The van der Waals surface area contributed by atoms with Gasteiger partial charge in [-0.1, -0.05) is 13.8 Å². The van der Waals surface area contributed by atoms with Gasteiger partial charge in [0.25, 0.3) is 0 Å². The van der Waals surface area contributed by atoms with Gasteiger partial charge in [-0.25, -0.2) is 4.98 Å². The Bertz CT molecular complexity index is 273. The van der Waals surface area contributed by atoms with Gasteiger partial charge in [-0.2, -0.15) is 4.39 Å². The topological polar surface area (TPSA) is 12.9 Å². The van der Waals surface area contributed by atoms with Gasteiger partial charge in [-0.15, -0.1) is 11.8 Å². The monoisotopic (exact) mass is 185 g/mol. The Morgan fingerprint density at radius 3 is 2.58 bits per heavy atom. The Morgan fingerprint density at radius 1 is 1.42 bits per heavy atom. The van der Waals surface area contributed by atoms with Gasteiger partial charge in [-0.3, -0.25) is 0 Å². The molecule has 0 saturated heterocycles. The van der Waals surface area contributed by atoms with Crippen LogP contribution in [0.2, 0.25) is 0 Å². The lowest BCUT2D eigenvalue weighted by Gasteiger charge is -2.08. The van der Waals surface area contributed by atoms with Crippen molar-refractivity contribution in [3.05, 3.63) is 23.8 Å². The van der Waals surface area contributed by atoms with E-state index in [0.29, 0.717) is 0 Å². The molecule has 0 fully saturated rings. The van der Waals surface area contributed by atoms with Crippen molar-refractivity contribution in [2.75, 3.05) is 6.26 Å². The number of pyridine rings is 1. The third-order valence-corrected chi connectivity index (χ3v) is 2.40. The van der Waals surface area contributed by atoms with Crippen LogP contribution in [0.4, 0.5) is 4.39 Å². The van der Waals surface area contributed by atoms with Gasteiger partial charge in [0, 0.05) is 4.90 Å². The van der Waals surface area contributed by atoms with E-state index in [2.05, 4.69) is 4.98 Å². The van der Waals surface area contributed by atoms with Gasteiger partial charge < -0.3 is 0 Å². The summed E-state index contributed by atoms with van der Waals surface area (Å²) < 4.78 is 12.7. The summed E-state index contributed by atoms with van der Waals surface area (Å²) in [5.74, 6) is -0.111. The first-order valence-corrected chi connectivity index (χ1v) is 5.08. The number of thioether (sulfide) groups is 1. The van der Waals surface area contributed by atoms with Crippen LogP contribution in [0.3, 0.4) is 0 Å². The predicted octanol–water partition coefficient (Wildman–Crippen LogP) is 3.07. The van der Waals surface area contributed by atoms with Crippen LogP contribution in [0.5, 0.6) is 0 Å². The molecule has 1 aromatic heterocycles. The third-order valence-electron chi connectivity index (χ3n) is 1.62. The smallest absolute Gasteiger partial charge is 0.213 e. The molecule has 3 heteroatoms. The van der Waals surface area contributed by atoms with E-state index in [-0.39, 0.29) is 5.92 Å². The molecule has 1 heterocycles. The summed E-state index contributed by atoms with van der Waals surface area (Å²) in [7, 11) is 0. The molecular weight excluding hydrogens is 173 g/mol. The number of rotatable bonds is 2. The summed E-state index contributed by atoms with van der Waals surface area (Å²) in [4.78, 5) is 4.92. The molecule has 0 atom stereocenters. The van der Waals surface area contributed by atoms with E-state index in [1.165, 1.54) is 6.07 Å². The summed E-state index contributed by atoms with van der Waals surface area (Å²) in [5, 5.41) is 0. The van der Waals surface area contributed by atoms with Crippen LogP contribution < -0.4 is 0 Å². The maximum Gasteiger partial charge on any atom is 0.213 e. The van der Waals surface area contributed by atoms with Crippen molar-refractivity contribution < 1.29 is 4.39 Å². The lowest BCUT2D eigenvalue weighted by molar-refractivity contribution is 0.566.